The van der Waals surface area contributed by atoms with Crippen molar-refractivity contribution in [1.82, 2.24) is 9.88 Å². The zero-order valence-electron chi connectivity index (χ0n) is 14.0. The minimum absolute atomic E-state index is 0.102. The Morgan fingerprint density at radius 3 is 2.92 bits per heavy atom. The first-order chi connectivity index (χ1) is 11.9. The molecule has 1 amide bonds. The van der Waals surface area contributed by atoms with Gasteiger partial charge in [-0.05, 0) is 32.3 Å². The summed E-state index contributed by atoms with van der Waals surface area (Å²) in [5, 5.41) is 0.314. The van der Waals surface area contributed by atoms with E-state index in [0.717, 1.165) is 25.9 Å². The summed E-state index contributed by atoms with van der Waals surface area (Å²) in [6, 6.07) is 1.60. The van der Waals surface area contributed by atoms with Crippen molar-refractivity contribution >= 4 is 22.8 Å². The van der Waals surface area contributed by atoms with Gasteiger partial charge >= 0.3 is 0 Å². The summed E-state index contributed by atoms with van der Waals surface area (Å²) in [7, 11) is 0. The van der Waals surface area contributed by atoms with Crippen LogP contribution in [0.25, 0.3) is 0 Å². The maximum Gasteiger partial charge on any atom is 0.239 e. The predicted molar refractivity (Wildman–Crippen MR) is 95.3 cm³/mol. The molecule has 3 aliphatic rings. The Hall–Kier alpha value is -2.07. The summed E-state index contributed by atoms with van der Waals surface area (Å²) in [5.41, 5.74) is 5.93. The van der Waals surface area contributed by atoms with Crippen LogP contribution in [0.5, 0.6) is 0 Å². The first-order valence-electron chi connectivity index (χ1n) is 8.37. The van der Waals surface area contributed by atoms with Crippen molar-refractivity contribution in [2.75, 3.05) is 13.1 Å². The van der Waals surface area contributed by atoms with Crippen LogP contribution < -0.4 is 5.73 Å². The minimum Gasteiger partial charge on any atom is -0.378 e. The van der Waals surface area contributed by atoms with Gasteiger partial charge in [0.25, 0.3) is 0 Å². The van der Waals surface area contributed by atoms with Gasteiger partial charge in [0, 0.05) is 36.3 Å². The van der Waals surface area contributed by atoms with Crippen molar-refractivity contribution in [3.8, 4) is 12.3 Å². The molecule has 130 valence electrons. The van der Waals surface area contributed by atoms with E-state index >= 15 is 0 Å². The summed E-state index contributed by atoms with van der Waals surface area (Å²) in [6.45, 7) is 3.39. The standard InChI is InChI=1S/C18H19FN4OS/c1-3-11-8-12(14(19)21-10-11)17(2)13-9-18(13,25-16(20)22-17)15(24)23-6-4-5-7-23/h1,8,10,13H,4-7,9H2,2H3,(H2,20,22)/t13?,17-,18+/m1/s1. The summed E-state index contributed by atoms with van der Waals surface area (Å²) in [6.07, 6.45) is 9.44. The molecule has 1 aromatic heterocycles. The normalized spacial score (nSPS) is 33.4. The number of amidine groups is 1. The maximum atomic E-state index is 14.5. The van der Waals surface area contributed by atoms with Crippen molar-refractivity contribution in [3.05, 3.63) is 29.3 Å². The van der Waals surface area contributed by atoms with Crippen LogP contribution in [0.15, 0.2) is 17.3 Å². The van der Waals surface area contributed by atoms with E-state index in [1.54, 1.807) is 6.07 Å². The number of thioether (sulfide) groups is 1. The Labute approximate surface area is 150 Å². The molecule has 2 N–H and O–H groups in total. The zero-order chi connectivity index (χ0) is 17.8. The quantitative estimate of drug-likeness (QED) is 0.647. The van der Waals surface area contributed by atoms with Crippen LogP contribution in [0, 0.1) is 24.2 Å². The van der Waals surface area contributed by atoms with Crippen LogP contribution in [0.3, 0.4) is 0 Å². The molecule has 3 atom stereocenters. The SMILES string of the molecule is C#Cc1cnc(F)c([C@@]2(C)N=C(N)S[C@@]3(C(=O)N4CCCC4)CC32)c1. The molecule has 0 bridgehead atoms. The smallest absolute Gasteiger partial charge is 0.239 e. The first kappa shape index (κ1) is 16.4. The van der Waals surface area contributed by atoms with Gasteiger partial charge in [-0.3, -0.25) is 9.79 Å². The molecule has 1 aromatic rings. The molecule has 2 fully saturated rings. The summed E-state index contributed by atoms with van der Waals surface area (Å²) < 4.78 is 13.9. The highest BCUT2D eigenvalue weighted by atomic mass is 32.2. The van der Waals surface area contributed by atoms with E-state index < -0.39 is 16.2 Å². The van der Waals surface area contributed by atoms with Gasteiger partial charge in [-0.25, -0.2) is 4.98 Å². The van der Waals surface area contributed by atoms with Crippen molar-refractivity contribution in [1.29, 1.82) is 0 Å². The number of halogens is 1. The highest BCUT2D eigenvalue weighted by molar-refractivity contribution is 8.15. The lowest BCUT2D eigenvalue weighted by Crippen LogP contribution is -2.45. The number of hydrogen-bond donors (Lipinski definition) is 1. The molecule has 1 saturated carbocycles. The average Bonchev–Trinajstić information content (AvgIpc) is 3.10. The molecule has 0 spiro atoms. The number of aliphatic imine (C=N–C) groups is 1. The second-order valence-electron chi connectivity index (χ2n) is 7.05. The Morgan fingerprint density at radius 1 is 1.52 bits per heavy atom. The highest BCUT2D eigenvalue weighted by Gasteiger charge is 2.71. The third kappa shape index (κ3) is 2.35. The van der Waals surface area contributed by atoms with E-state index in [2.05, 4.69) is 15.9 Å². The lowest BCUT2D eigenvalue weighted by atomic mass is 9.86. The highest BCUT2D eigenvalue weighted by Crippen LogP contribution is 2.66. The predicted octanol–water partition coefficient (Wildman–Crippen LogP) is 1.86. The van der Waals surface area contributed by atoms with Crippen LogP contribution in [0.2, 0.25) is 0 Å². The topological polar surface area (TPSA) is 71.6 Å². The van der Waals surface area contributed by atoms with Crippen LogP contribution in [-0.2, 0) is 10.3 Å². The Morgan fingerprint density at radius 2 is 2.24 bits per heavy atom. The van der Waals surface area contributed by atoms with Crippen LogP contribution in [0.4, 0.5) is 4.39 Å². The number of likely N-dealkylation sites (tertiary alicyclic amines) is 1. The number of pyridine rings is 1. The number of terminal acetylenes is 1. The Bertz CT molecular complexity index is 829. The third-order valence-electron chi connectivity index (χ3n) is 5.52. The average molecular weight is 358 g/mol. The van der Waals surface area contributed by atoms with Crippen LogP contribution in [-0.4, -0.2) is 38.8 Å². The van der Waals surface area contributed by atoms with Crippen molar-refractivity contribution < 1.29 is 9.18 Å². The lowest BCUT2D eigenvalue weighted by Gasteiger charge is -2.34. The van der Waals surface area contributed by atoms with Crippen molar-refractivity contribution in [2.24, 2.45) is 16.6 Å². The third-order valence-corrected chi connectivity index (χ3v) is 6.81. The Balaban J connectivity index is 1.75. The monoisotopic (exact) mass is 358 g/mol. The number of rotatable bonds is 2. The number of amides is 1. The molecular formula is C18H19FN4OS. The van der Waals surface area contributed by atoms with E-state index in [-0.39, 0.29) is 11.8 Å². The van der Waals surface area contributed by atoms with Crippen LogP contribution in [0.1, 0.15) is 37.3 Å². The van der Waals surface area contributed by atoms with E-state index in [1.807, 2.05) is 11.8 Å². The van der Waals surface area contributed by atoms with Gasteiger partial charge in [0.1, 0.15) is 4.75 Å². The zero-order valence-corrected chi connectivity index (χ0v) is 14.8. The maximum absolute atomic E-state index is 14.5. The molecule has 0 aromatic carbocycles. The number of hydrogen-bond acceptors (Lipinski definition) is 5. The Kier molecular flexibility index (Phi) is 3.58. The van der Waals surface area contributed by atoms with E-state index in [0.29, 0.717) is 22.7 Å². The molecule has 1 unspecified atom stereocenters. The van der Waals surface area contributed by atoms with Gasteiger partial charge in [0.05, 0.1) is 5.54 Å². The van der Waals surface area contributed by atoms with Crippen molar-refractivity contribution in [3.63, 3.8) is 0 Å². The number of aromatic nitrogens is 1. The number of carbonyl (C=O) groups excluding carboxylic acids is 1. The number of nitrogens with two attached hydrogens (primary N) is 1. The largest absolute Gasteiger partial charge is 0.378 e. The molecule has 4 rings (SSSR count). The fraction of sp³-hybridized carbons (Fsp3) is 0.500. The molecule has 0 radical (unpaired) electrons. The minimum atomic E-state index is -0.936. The van der Waals surface area contributed by atoms with Crippen molar-refractivity contribution in [2.45, 2.75) is 36.5 Å². The van der Waals surface area contributed by atoms with Gasteiger partial charge in [-0.15, -0.1) is 6.42 Å². The molecule has 7 heteroatoms. The summed E-state index contributed by atoms with van der Waals surface area (Å²) in [4.78, 5) is 23.3. The van der Waals surface area contributed by atoms with E-state index in [1.165, 1.54) is 18.0 Å². The first-order valence-corrected chi connectivity index (χ1v) is 9.19. The van der Waals surface area contributed by atoms with Crippen LogP contribution >= 0.6 is 11.8 Å². The second-order valence-corrected chi connectivity index (χ2v) is 8.40. The van der Waals surface area contributed by atoms with Gasteiger partial charge in [0.2, 0.25) is 11.9 Å². The van der Waals surface area contributed by atoms with Gasteiger partial charge in [0.15, 0.2) is 5.17 Å². The second kappa shape index (κ2) is 5.46. The summed E-state index contributed by atoms with van der Waals surface area (Å²) >= 11 is 1.32. The molecule has 2 aliphatic heterocycles. The molecule has 1 saturated heterocycles. The van der Waals surface area contributed by atoms with E-state index in [9.17, 15) is 9.18 Å². The van der Waals surface area contributed by atoms with Gasteiger partial charge in [-0.2, -0.15) is 4.39 Å². The van der Waals surface area contributed by atoms with Gasteiger partial charge in [-0.1, -0.05) is 17.7 Å². The number of fused-ring (bicyclic) bond motifs is 1. The fourth-order valence-electron chi connectivity index (χ4n) is 4.12. The molecule has 25 heavy (non-hydrogen) atoms. The molecule has 3 heterocycles. The van der Waals surface area contributed by atoms with Gasteiger partial charge < -0.3 is 10.6 Å². The van der Waals surface area contributed by atoms with E-state index in [4.69, 9.17) is 12.2 Å². The molecular weight excluding hydrogens is 339 g/mol. The molecule has 5 nitrogen and oxygen atoms in total. The molecule has 1 aliphatic carbocycles. The number of carbonyl (C=O) groups is 1. The number of nitrogens with zero attached hydrogens (tertiary/aromatic N) is 3. The fourth-order valence-corrected chi connectivity index (χ4v) is 5.57. The summed E-state index contributed by atoms with van der Waals surface area (Å²) in [5.74, 6) is 1.85. The lowest BCUT2D eigenvalue weighted by molar-refractivity contribution is -0.130.